The molecule has 29 heavy (non-hydrogen) atoms. The van der Waals surface area contributed by atoms with E-state index in [9.17, 15) is 29.7 Å². The Kier molecular flexibility index (Phi) is 10.3. The SMILES string of the molecule is C=C(C(C)=O)C(CC(CCCCC(C)[C@H]1O[C@H](CO)[C@@H](O)[C@@H]1O)C(C)=O)C(C)=O. The van der Waals surface area contributed by atoms with E-state index in [2.05, 4.69) is 6.58 Å². The average molecular weight is 413 g/mol. The minimum absolute atomic E-state index is 0.0101. The summed E-state index contributed by atoms with van der Waals surface area (Å²) < 4.78 is 5.56. The Bertz CT molecular complexity index is 600. The summed E-state index contributed by atoms with van der Waals surface area (Å²) >= 11 is 0. The number of carbonyl (C=O) groups excluding carboxylic acids is 3. The van der Waals surface area contributed by atoms with Gasteiger partial charge in [-0.15, -0.1) is 0 Å². The number of carbonyl (C=O) groups is 3. The Morgan fingerprint density at radius 3 is 2.03 bits per heavy atom. The van der Waals surface area contributed by atoms with Gasteiger partial charge in [-0.05, 0) is 51.5 Å². The molecule has 1 heterocycles. The second-order valence-corrected chi connectivity index (χ2v) is 8.35. The summed E-state index contributed by atoms with van der Waals surface area (Å²) in [7, 11) is 0. The van der Waals surface area contributed by atoms with Crippen LogP contribution in [0.4, 0.5) is 0 Å². The van der Waals surface area contributed by atoms with Crippen molar-refractivity contribution >= 4 is 17.3 Å². The molecular weight excluding hydrogens is 376 g/mol. The molecule has 0 aliphatic carbocycles. The van der Waals surface area contributed by atoms with Crippen LogP contribution in [0.25, 0.3) is 0 Å². The molecule has 7 heteroatoms. The quantitative estimate of drug-likeness (QED) is 0.310. The van der Waals surface area contributed by atoms with Crippen molar-refractivity contribution in [1.82, 2.24) is 0 Å². The lowest BCUT2D eigenvalue weighted by Gasteiger charge is -2.23. The second-order valence-electron chi connectivity index (χ2n) is 8.35. The largest absolute Gasteiger partial charge is 0.394 e. The molecule has 0 aromatic heterocycles. The van der Waals surface area contributed by atoms with Gasteiger partial charge in [-0.3, -0.25) is 14.4 Å². The van der Waals surface area contributed by atoms with E-state index in [4.69, 9.17) is 4.74 Å². The van der Waals surface area contributed by atoms with Gasteiger partial charge in [0.15, 0.2) is 5.78 Å². The third-order valence-electron chi connectivity index (χ3n) is 6.06. The highest BCUT2D eigenvalue weighted by Crippen LogP contribution is 2.30. The molecule has 1 aliphatic heterocycles. The van der Waals surface area contributed by atoms with Crippen LogP contribution in [-0.4, -0.2) is 63.7 Å². The van der Waals surface area contributed by atoms with E-state index in [1.54, 1.807) is 0 Å². The molecule has 1 saturated heterocycles. The van der Waals surface area contributed by atoms with E-state index in [0.29, 0.717) is 12.8 Å². The van der Waals surface area contributed by atoms with Crippen LogP contribution in [-0.2, 0) is 19.1 Å². The first-order chi connectivity index (χ1) is 13.5. The number of aliphatic hydroxyl groups excluding tert-OH is 3. The standard InChI is InChI=1S/C22H36O7/c1-12(22-21(28)20(27)19(11-23)29-22)8-6-7-9-17(15(4)25)10-18(16(5)26)13(2)14(3)24/h12,17-23,27-28H,2,6-11H2,1,3-5H3/t12?,17?,18?,19-,20-,21+,22-/m1/s1. The number of hydrogen-bond acceptors (Lipinski definition) is 7. The summed E-state index contributed by atoms with van der Waals surface area (Å²) in [5.74, 6) is -1.36. The lowest BCUT2D eigenvalue weighted by Crippen LogP contribution is -2.35. The number of hydrogen-bond donors (Lipinski definition) is 3. The zero-order valence-corrected chi connectivity index (χ0v) is 18.0. The fraction of sp³-hybridized carbons (Fsp3) is 0.773. The topological polar surface area (TPSA) is 121 Å². The summed E-state index contributed by atoms with van der Waals surface area (Å²) in [6.07, 6.45) is -0.248. The predicted octanol–water partition coefficient (Wildman–Crippen LogP) is 1.61. The molecule has 0 bridgehead atoms. The lowest BCUT2D eigenvalue weighted by atomic mass is 9.81. The highest BCUT2D eigenvalue weighted by molar-refractivity contribution is 5.99. The third-order valence-corrected chi connectivity index (χ3v) is 6.06. The molecular formula is C22H36O7. The average Bonchev–Trinajstić information content (AvgIpc) is 2.94. The van der Waals surface area contributed by atoms with E-state index in [0.717, 1.165) is 19.3 Å². The minimum atomic E-state index is -1.09. The Hall–Kier alpha value is -1.41. The number of ketones is 3. The van der Waals surface area contributed by atoms with Gasteiger partial charge in [0.05, 0.1) is 12.7 Å². The first kappa shape index (κ1) is 25.6. The Morgan fingerprint density at radius 2 is 1.59 bits per heavy atom. The van der Waals surface area contributed by atoms with Crippen LogP contribution < -0.4 is 0 Å². The zero-order valence-electron chi connectivity index (χ0n) is 18.0. The van der Waals surface area contributed by atoms with Crippen molar-refractivity contribution < 1.29 is 34.4 Å². The highest BCUT2D eigenvalue weighted by atomic mass is 16.6. The van der Waals surface area contributed by atoms with Crippen molar-refractivity contribution in [3.63, 3.8) is 0 Å². The zero-order chi connectivity index (χ0) is 22.3. The van der Waals surface area contributed by atoms with E-state index in [1.165, 1.54) is 20.8 Å². The van der Waals surface area contributed by atoms with Crippen LogP contribution in [0.3, 0.4) is 0 Å². The van der Waals surface area contributed by atoms with Gasteiger partial charge < -0.3 is 20.1 Å². The maximum Gasteiger partial charge on any atom is 0.155 e. The smallest absolute Gasteiger partial charge is 0.155 e. The lowest BCUT2D eigenvalue weighted by molar-refractivity contribution is -0.125. The summed E-state index contributed by atoms with van der Waals surface area (Å²) in [5.41, 5.74) is 0.252. The van der Waals surface area contributed by atoms with Crippen LogP contribution in [0, 0.1) is 17.8 Å². The number of rotatable bonds is 13. The van der Waals surface area contributed by atoms with Crippen molar-refractivity contribution in [1.29, 1.82) is 0 Å². The van der Waals surface area contributed by atoms with Gasteiger partial charge in [0.1, 0.15) is 29.9 Å². The number of aliphatic hydroxyl groups is 3. The number of unbranched alkanes of at least 4 members (excludes halogenated alkanes) is 1. The van der Waals surface area contributed by atoms with Crippen molar-refractivity contribution in [2.24, 2.45) is 17.8 Å². The molecule has 1 rings (SSSR count). The van der Waals surface area contributed by atoms with Gasteiger partial charge in [-0.2, -0.15) is 0 Å². The molecule has 0 aromatic carbocycles. The maximum absolute atomic E-state index is 12.0. The minimum Gasteiger partial charge on any atom is -0.394 e. The molecule has 3 unspecified atom stereocenters. The molecule has 3 N–H and O–H groups in total. The maximum atomic E-state index is 12.0. The van der Waals surface area contributed by atoms with Crippen molar-refractivity contribution in [2.75, 3.05) is 6.61 Å². The van der Waals surface area contributed by atoms with Crippen LogP contribution in [0.5, 0.6) is 0 Å². The first-order valence-corrected chi connectivity index (χ1v) is 10.3. The second kappa shape index (κ2) is 11.7. The van der Waals surface area contributed by atoms with Crippen molar-refractivity contribution in [3.05, 3.63) is 12.2 Å². The third kappa shape index (κ3) is 7.10. The Labute approximate surface area is 173 Å². The molecule has 166 valence electrons. The molecule has 1 aliphatic rings. The van der Waals surface area contributed by atoms with Crippen molar-refractivity contribution in [2.45, 2.75) is 84.2 Å². The predicted molar refractivity (Wildman–Crippen MR) is 108 cm³/mol. The first-order valence-electron chi connectivity index (χ1n) is 10.3. The number of allylic oxidation sites excluding steroid dienone is 1. The fourth-order valence-electron chi connectivity index (χ4n) is 3.99. The molecule has 0 spiro atoms. The highest BCUT2D eigenvalue weighted by Gasteiger charge is 2.44. The van der Waals surface area contributed by atoms with Crippen LogP contribution in [0.15, 0.2) is 12.2 Å². The van der Waals surface area contributed by atoms with Gasteiger partial charge >= 0.3 is 0 Å². The van der Waals surface area contributed by atoms with Gasteiger partial charge in [-0.25, -0.2) is 0 Å². The van der Waals surface area contributed by atoms with E-state index in [-0.39, 0.29) is 41.4 Å². The van der Waals surface area contributed by atoms with E-state index in [1.807, 2.05) is 6.92 Å². The van der Waals surface area contributed by atoms with Crippen molar-refractivity contribution in [3.8, 4) is 0 Å². The van der Waals surface area contributed by atoms with Crippen LogP contribution in [0.2, 0.25) is 0 Å². The van der Waals surface area contributed by atoms with E-state index < -0.39 is 30.3 Å². The summed E-state index contributed by atoms with van der Waals surface area (Å²) in [6, 6.07) is 0. The summed E-state index contributed by atoms with van der Waals surface area (Å²) in [5, 5.41) is 29.1. The molecule has 7 nitrogen and oxygen atoms in total. The van der Waals surface area contributed by atoms with E-state index >= 15 is 0 Å². The van der Waals surface area contributed by atoms with Gasteiger partial charge in [0.2, 0.25) is 0 Å². The molecule has 0 aromatic rings. The Balaban J connectivity index is 2.54. The molecule has 0 saturated carbocycles. The van der Waals surface area contributed by atoms with Gasteiger partial charge in [0.25, 0.3) is 0 Å². The van der Waals surface area contributed by atoms with Gasteiger partial charge in [0, 0.05) is 11.8 Å². The van der Waals surface area contributed by atoms with Crippen LogP contribution in [0.1, 0.15) is 59.8 Å². The Morgan fingerprint density at radius 1 is 1.00 bits per heavy atom. The van der Waals surface area contributed by atoms with Crippen LogP contribution >= 0.6 is 0 Å². The molecule has 7 atom stereocenters. The number of ether oxygens (including phenoxy) is 1. The number of Topliss-reactive ketones (excluding diaryl/α,β-unsaturated/α-hetero) is 3. The summed E-state index contributed by atoms with van der Waals surface area (Å²) in [4.78, 5) is 35.6. The van der Waals surface area contributed by atoms with Gasteiger partial charge in [-0.1, -0.05) is 26.3 Å². The fourth-order valence-corrected chi connectivity index (χ4v) is 3.99. The normalized spacial score (nSPS) is 27.3. The molecule has 0 amide bonds. The molecule has 1 fully saturated rings. The molecule has 0 radical (unpaired) electrons. The monoisotopic (exact) mass is 412 g/mol. The summed E-state index contributed by atoms with van der Waals surface area (Å²) in [6.45, 7) is 9.59.